The second kappa shape index (κ2) is 5.50. The lowest BCUT2D eigenvalue weighted by atomic mass is 10.3. The largest absolute Gasteiger partial charge is 0.398 e. The minimum Gasteiger partial charge on any atom is -0.398 e. The van der Waals surface area contributed by atoms with E-state index in [2.05, 4.69) is 0 Å². The first-order chi connectivity index (χ1) is 9.46. The van der Waals surface area contributed by atoms with Crippen LogP contribution in [0, 0.1) is 5.82 Å². The minimum atomic E-state index is -3.89. The van der Waals surface area contributed by atoms with E-state index < -0.39 is 15.8 Å². The molecule has 4 nitrogen and oxygen atoms in total. The zero-order chi connectivity index (χ0) is 14.8. The number of rotatable bonds is 4. The van der Waals surface area contributed by atoms with Gasteiger partial charge in [0.2, 0.25) is 0 Å². The Morgan fingerprint density at radius 1 is 1.15 bits per heavy atom. The predicted octanol–water partition coefficient (Wildman–Crippen LogP) is 2.62. The van der Waals surface area contributed by atoms with Crippen molar-refractivity contribution in [3.63, 3.8) is 0 Å². The summed E-state index contributed by atoms with van der Waals surface area (Å²) in [7, 11) is -3.89. The molecule has 106 valence electrons. The number of hydrogen-bond donors (Lipinski definition) is 1. The van der Waals surface area contributed by atoms with Crippen molar-refractivity contribution >= 4 is 21.4 Å². The van der Waals surface area contributed by atoms with Crippen LogP contribution in [0.5, 0.6) is 0 Å². The van der Waals surface area contributed by atoms with Crippen LogP contribution in [0.4, 0.5) is 15.8 Å². The summed E-state index contributed by atoms with van der Waals surface area (Å²) in [6.07, 6.45) is 0. The van der Waals surface area contributed by atoms with Crippen LogP contribution in [0.3, 0.4) is 0 Å². The quantitative estimate of drug-likeness (QED) is 0.882. The van der Waals surface area contributed by atoms with Crippen molar-refractivity contribution in [2.75, 3.05) is 16.6 Å². The molecule has 0 saturated carbocycles. The van der Waals surface area contributed by atoms with Crippen LogP contribution >= 0.6 is 0 Å². The van der Waals surface area contributed by atoms with E-state index >= 15 is 0 Å². The number of para-hydroxylation sites is 1. The number of sulfonamides is 1. The Hall–Kier alpha value is -2.08. The first-order valence-corrected chi connectivity index (χ1v) is 7.53. The molecule has 2 aromatic rings. The second-order valence-corrected chi connectivity index (χ2v) is 6.02. The summed E-state index contributed by atoms with van der Waals surface area (Å²) in [5.74, 6) is -0.637. The van der Waals surface area contributed by atoms with E-state index in [0.717, 1.165) is 12.1 Å². The minimum absolute atomic E-state index is 0.0285. The number of nitrogens with two attached hydrogens (primary N) is 1. The third kappa shape index (κ3) is 2.60. The standard InChI is InChI=1S/C14H15FN2O2S/c1-2-17(12-6-4-3-5-7-12)20(18,19)14-10-11(15)8-9-13(14)16/h3-10H,2,16H2,1H3. The van der Waals surface area contributed by atoms with Crippen molar-refractivity contribution in [2.24, 2.45) is 0 Å². The van der Waals surface area contributed by atoms with Gasteiger partial charge in [-0.15, -0.1) is 0 Å². The number of hydrogen-bond acceptors (Lipinski definition) is 3. The van der Waals surface area contributed by atoms with Gasteiger partial charge in [-0.1, -0.05) is 18.2 Å². The van der Waals surface area contributed by atoms with Gasteiger partial charge in [-0.2, -0.15) is 0 Å². The monoisotopic (exact) mass is 294 g/mol. The van der Waals surface area contributed by atoms with E-state index in [0.29, 0.717) is 5.69 Å². The average Bonchev–Trinajstić information content (AvgIpc) is 2.43. The molecule has 6 heteroatoms. The van der Waals surface area contributed by atoms with Gasteiger partial charge in [0.05, 0.1) is 11.4 Å². The van der Waals surface area contributed by atoms with E-state index in [9.17, 15) is 12.8 Å². The lowest BCUT2D eigenvalue weighted by Crippen LogP contribution is -2.31. The summed E-state index contributed by atoms with van der Waals surface area (Å²) in [4.78, 5) is -0.219. The van der Waals surface area contributed by atoms with Crippen molar-refractivity contribution in [3.8, 4) is 0 Å². The number of halogens is 1. The van der Waals surface area contributed by atoms with Gasteiger partial charge < -0.3 is 5.73 Å². The molecule has 20 heavy (non-hydrogen) atoms. The van der Waals surface area contributed by atoms with Crippen LogP contribution in [-0.2, 0) is 10.0 Å². The summed E-state index contributed by atoms with van der Waals surface area (Å²) in [6, 6.07) is 11.9. The molecule has 0 aromatic heterocycles. The van der Waals surface area contributed by atoms with E-state index in [1.807, 2.05) is 0 Å². The number of nitrogens with zero attached hydrogens (tertiary/aromatic N) is 1. The molecule has 0 aliphatic heterocycles. The Bertz CT molecular complexity index is 702. The van der Waals surface area contributed by atoms with Gasteiger partial charge in [0.15, 0.2) is 0 Å². The van der Waals surface area contributed by atoms with Gasteiger partial charge >= 0.3 is 0 Å². The van der Waals surface area contributed by atoms with Crippen molar-refractivity contribution < 1.29 is 12.8 Å². The summed E-state index contributed by atoms with van der Waals surface area (Å²) < 4.78 is 39.7. The fourth-order valence-electron chi connectivity index (χ4n) is 1.94. The van der Waals surface area contributed by atoms with Crippen LogP contribution in [0.25, 0.3) is 0 Å². The topological polar surface area (TPSA) is 63.4 Å². The van der Waals surface area contributed by atoms with Crippen molar-refractivity contribution in [2.45, 2.75) is 11.8 Å². The molecular formula is C14H15FN2O2S. The highest BCUT2D eigenvalue weighted by molar-refractivity contribution is 7.93. The van der Waals surface area contributed by atoms with Crippen LogP contribution in [0.2, 0.25) is 0 Å². The van der Waals surface area contributed by atoms with E-state index in [1.54, 1.807) is 37.3 Å². The molecule has 0 bridgehead atoms. The molecule has 0 amide bonds. The summed E-state index contributed by atoms with van der Waals surface area (Å²) in [6.45, 7) is 1.93. The van der Waals surface area contributed by atoms with Crippen molar-refractivity contribution in [3.05, 3.63) is 54.3 Å². The first-order valence-electron chi connectivity index (χ1n) is 6.09. The zero-order valence-corrected chi connectivity index (χ0v) is 11.8. The highest BCUT2D eigenvalue weighted by Crippen LogP contribution is 2.27. The Labute approximate surface area is 117 Å². The van der Waals surface area contributed by atoms with Gasteiger partial charge in [-0.25, -0.2) is 12.8 Å². The number of anilines is 2. The Morgan fingerprint density at radius 3 is 2.40 bits per heavy atom. The molecule has 0 spiro atoms. The SMILES string of the molecule is CCN(c1ccccc1)S(=O)(=O)c1cc(F)ccc1N. The van der Waals surface area contributed by atoms with E-state index in [4.69, 9.17) is 5.73 Å². The van der Waals surface area contributed by atoms with Gasteiger partial charge in [0, 0.05) is 6.54 Å². The molecule has 2 N–H and O–H groups in total. The molecule has 0 unspecified atom stereocenters. The molecule has 0 heterocycles. The maximum atomic E-state index is 13.3. The van der Waals surface area contributed by atoms with Gasteiger partial charge in [0.1, 0.15) is 10.7 Å². The van der Waals surface area contributed by atoms with E-state index in [1.165, 1.54) is 10.4 Å². The molecule has 0 aliphatic rings. The molecule has 0 fully saturated rings. The molecule has 0 radical (unpaired) electrons. The van der Waals surface area contributed by atoms with E-state index in [-0.39, 0.29) is 17.1 Å². The van der Waals surface area contributed by atoms with Gasteiger partial charge in [-0.3, -0.25) is 4.31 Å². The van der Waals surface area contributed by atoms with Crippen LogP contribution in [0.15, 0.2) is 53.4 Å². The molecule has 2 rings (SSSR count). The Balaban J connectivity index is 2.56. The predicted molar refractivity (Wildman–Crippen MR) is 77.5 cm³/mol. The molecule has 0 aliphatic carbocycles. The third-order valence-electron chi connectivity index (χ3n) is 2.88. The molecule has 0 saturated heterocycles. The average molecular weight is 294 g/mol. The smallest absolute Gasteiger partial charge is 0.266 e. The second-order valence-electron chi connectivity index (χ2n) is 4.19. The highest BCUT2D eigenvalue weighted by Gasteiger charge is 2.26. The summed E-state index contributed by atoms with van der Waals surface area (Å²) in [5, 5.41) is 0. The molecular weight excluding hydrogens is 279 g/mol. The number of benzene rings is 2. The maximum Gasteiger partial charge on any atom is 0.266 e. The van der Waals surface area contributed by atoms with Crippen LogP contribution in [-0.4, -0.2) is 15.0 Å². The normalized spacial score (nSPS) is 11.3. The fourth-order valence-corrected chi connectivity index (χ4v) is 3.54. The Morgan fingerprint density at radius 2 is 1.80 bits per heavy atom. The highest BCUT2D eigenvalue weighted by atomic mass is 32.2. The fraction of sp³-hybridized carbons (Fsp3) is 0.143. The third-order valence-corrected chi connectivity index (χ3v) is 4.83. The maximum absolute atomic E-state index is 13.3. The molecule has 0 atom stereocenters. The first kappa shape index (κ1) is 14.3. The van der Waals surface area contributed by atoms with Crippen LogP contribution < -0.4 is 10.0 Å². The van der Waals surface area contributed by atoms with Crippen molar-refractivity contribution in [1.29, 1.82) is 0 Å². The lowest BCUT2D eigenvalue weighted by molar-refractivity contribution is 0.587. The zero-order valence-electron chi connectivity index (χ0n) is 11.0. The Kier molecular flexibility index (Phi) is 3.94. The van der Waals surface area contributed by atoms with Gasteiger partial charge in [-0.05, 0) is 37.3 Å². The summed E-state index contributed by atoms with van der Waals surface area (Å²) >= 11 is 0. The van der Waals surface area contributed by atoms with Gasteiger partial charge in [0.25, 0.3) is 10.0 Å². The van der Waals surface area contributed by atoms with Crippen molar-refractivity contribution in [1.82, 2.24) is 0 Å². The lowest BCUT2D eigenvalue weighted by Gasteiger charge is -2.23. The number of nitrogen functional groups attached to an aromatic ring is 1. The molecule has 2 aromatic carbocycles. The summed E-state index contributed by atoms with van der Waals surface area (Å²) in [5.41, 5.74) is 6.21. The van der Waals surface area contributed by atoms with Crippen LogP contribution in [0.1, 0.15) is 6.92 Å².